The van der Waals surface area contributed by atoms with Gasteiger partial charge in [-0.1, -0.05) is 19.3 Å². The van der Waals surface area contributed by atoms with E-state index in [1.54, 1.807) is 16.3 Å². The Bertz CT molecular complexity index is 970. The van der Waals surface area contributed by atoms with Crippen molar-refractivity contribution in [1.82, 2.24) is 20.4 Å². The number of urea groups is 1. The summed E-state index contributed by atoms with van der Waals surface area (Å²) in [4.78, 5) is 65.3. The van der Waals surface area contributed by atoms with Crippen molar-refractivity contribution < 1.29 is 28.7 Å². The molecule has 1 atom stereocenters. The number of hydrogen-bond acceptors (Lipinski definition) is 7. The highest BCUT2D eigenvalue weighted by Crippen LogP contribution is 2.26. The van der Waals surface area contributed by atoms with Crippen LogP contribution in [-0.4, -0.2) is 78.0 Å². The van der Waals surface area contributed by atoms with E-state index < -0.39 is 35.4 Å². The molecule has 33 heavy (non-hydrogen) atoms. The highest BCUT2D eigenvalue weighted by Gasteiger charge is 2.48. The Morgan fingerprint density at radius 3 is 2.58 bits per heavy atom. The molecular formula is C21H27N5O6S. The van der Waals surface area contributed by atoms with Crippen LogP contribution >= 0.6 is 11.3 Å². The van der Waals surface area contributed by atoms with E-state index in [1.165, 1.54) is 18.4 Å². The third-order valence-corrected chi connectivity index (χ3v) is 7.30. The molecule has 0 spiro atoms. The number of thiophene rings is 1. The van der Waals surface area contributed by atoms with Crippen LogP contribution in [0.4, 0.5) is 10.5 Å². The van der Waals surface area contributed by atoms with Gasteiger partial charge in [-0.15, -0.1) is 11.3 Å². The van der Waals surface area contributed by atoms with Crippen LogP contribution < -0.4 is 16.0 Å². The first-order valence-corrected chi connectivity index (χ1v) is 11.9. The molecule has 1 aromatic heterocycles. The van der Waals surface area contributed by atoms with Crippen LogP contribution in [0, 0.1) is 0 Å². The predicted molar refractivity (Wildman–Crippen MR) is 118 cm³/mol. The summed E-state index contributed by atoms with van der Waals surface area (Å²) in [6.45, 7) is 0.617. The number of methoxy groups -OCH3 is 1. The molecule has 3 heterocycles. The fourth-order valence-corrected chi connectivity index (χ4v) is 5.24. The molecule has 0 bridgehead atoms. The Hall–Kier alpha value is -2.99. The van der Waals surface area contributed by atoms with Gasteiger partial charge >= 0.3 is 17.8 Å². The maximum atomic E-state index is 12.8. The van der Waals surface area contributed by atoms with E-state index in [-0.39, 0.29) is 25.6 Å². The minimum atomic E-state index is -1.37. The van der Waals surface area contributed by atoms with Gasteiger partial charge < -0.3 is 25.6 Å². The Kier molecular flexibility index (Phi) is 6.66. The topological polar surface area (TPSA) is 137 Å². The monoisotopic (exact) mass is 477 g/mol. The zero-order valence-electron chi connectivity index (χ0n) is 18.3. The third-order valence-electron chi connectivity index (χ3n) is 6.38. The number of anilines is 1. The second-order valence-electron chi connectivity index (χ2n) is 8.37. The average Bonchev–Trinajstić information content (AvgIpc) is 3.24. The lowest BCUT2D eigenvalue weighted by atomic mass is 9.93. The molecule has 12 heteroatoms. The summed E-state index contributed by atoms with van der Waals surface area (Å²) in [6, 6.07) is 0.983. The summed E-state index contributed by atoms with van der Waals surface area (Å²) in [5.41, 5.74) is -0.998. The van der Waals surface area contributed by atoms with Gasteiger partial charge in [-0.3, -0.25) is 24.1 Å². The smallest absolute Gasteiger partial charge is 0.329 e. The zero-order chi connectivity index (χ0) is 23.6. The molecule has 3 N–H and O–H groups in total. The summed E-state index contributed by atoms with van der Waals surface area (Å²) >= 11 is 1.25. The van der Waals surface area contributed by atoms with Crippen molar-refractivity contribution in [3.05, 3.63) is 16.3 Å². The summed E-state index contributed by atoms with van der Waals surface area (Å²) < 4.78 is 5.13. The van der Waals surface area contributed by atoms with Gasteiger partial charge in [0.25, 0.3) is 5.91 Å². The van der Waals surface area contributed by atoms with Gasteiger partial charge in [0.15, 0.2) is 0 Å². The molecule has 0 aromatic carbocycles. The lowest BCUT2D eigenvalue weighted by molar-refractivity contribution is -0.166. The zero-order valence-corrected chi connectivity index (χ0v) is 19.2. The van der Waals surface area contributed by atoms with Crippen molar-refractivity contribution in [3.63, 3.8) is 0 Å². The van der Waals surface area contributed by atoms with E-state index in [2.05, 4.69) is 16.0 Å². The number of amides is 6. The number of rotatable bonds is 6. The van der Waals surface area contributed by atoms with Crippen molar-refractivity contribution in [2.75, 3.05) is 32.1 Å². The fraction of sp³-hybridized carbons (Fsp3) is 0.571. The number of carbonyl (C=O) groups is 5. The molecule has 11 nitrogen and oxygen atoms in total. The Morgan fingerprint density at radius 2 is 1.94 bits per heavy atom. The first kappa shape index (κ1) is 23.2. The molecule has 1 saturated carbocycles. The number of nitrogens with one attached hydrogen (secondary N) is 3. The number of β-lactam (4-membered cyclic amide) rings is 1. The van der Waals surface area contributed by atoms with Gasteiger partial charge in [-0.05, 0) is 24.3 Å². The molecule has 3 aliphatic rings. The number of piperazine rings is 1. The normalized spacial score (nSPS) is 23.7. The van der Waals surface area contributed by atoms with Crippen LogP contribution in [0.2, 0.25) is 0 Å². The Balaban J connectivity index is 1.35. The summed E-state index contributed by atoms with van der Waals surface area (Å²) in [5, 5.41) is 9.43. The van der Waals surface area contributed by atoms with Gasteiger partial charge in [-0.25, -0.2) is 4.79 Å². The van der Waals surface area contributed by atoms with E-state index in [0.717, 1.165) is 37.0 Å². The number of nitrogens with zero attached hydrogens (tertiary/aromatic N) is 2. The molecule has 2 saturated heterocycles. The lowest BCUT2D eigenvalue weighted by Gasteiger charge is -2.39. The highest BCUT2D eigenvalue weighted by atomic mass is 32.1. The molecular weight excluding hydrogens is 450 g/mol. The minimum absolute atomic E-state index is 0.0653. The SMILES string of the molecule is COC1(NC(=O)Cc2sccc2NC(=O)N2CCN(C3CCCCC3)C(=O)C2=O)CNC1=O. The maximum Gasteiger partial charge on any atom is 0.329 e. The molecule has 0 radical (unpaired) electrons. The molecule has 1 unspecified atom stereocenters. The molecule has 178 valence electrons. The number of hydrogen-bond donors (Lipinski definition) is 3. The Morgan fingerprint density at radius 1 is 1.18 bits per heavy atom. The van der Waals surface area contributed by atoms with Gasteiger partial charge in [0.1, 0.15) is 0 Å². The second-order valence-corrected chi connectivity index (χ2v) is 9.37. The summed E-state index contributed by atoms with van der Waals surface area (Å²) in [6.07, 6.45) is 4.90. The van der Waals surface area contributed by atoms with Crippen LogP contribution in [-0.2, 0) is 30.3 Å². The minimum Gasteiger partial charge on any atom is -0.349 e. The molecule has 1 aromatic rings. The van der Waals surface area contributed by atoms with Gasteiger partial charge in [-0.2, -0.15) is 0 Å². The third kappa shape index (κ3) is 4.58. The van der Waals surface area contributed by atoms with Crippen molar-refractivity contribution in [2.24, 2.45) is 0 Å². The van der Waals surface area contributed by atoms with Crippen LogP contribution in [0.25, 0.3) is 0 Å². The van der Waals surface area contributed by atoms with Gasteiger partial charge in [0.2, 0.25) is 11.6 Å². The van der Waals surface area contributed by atoms with Crippen LogP contribution in [0.5, 0.6) is 0 Å². The highest BCUT2D eigenvalue weighted by molar-refractivity contribution is 7.10. The van der Waals surface area contributed by atoms with E-state index in [4.69, 9.17) is 4.74 Å². The van der Waals surface area contributed by atoms with Crippen molar-refractivity contribution in [2.45, 2.75) is 50.3 Å². The van der Waals surface area contributed by atoms with E-state index in [1.807, 2.05) is 0 Å². The average molecular weight is 478 g/mol. The molecule has 6 amide bonds. The second kappa shape index (κ2) is 9.48. The Labute approximate surface area is 194 Å². The van der Waals surface area contributed by atoms with Crippen molar-refractivity contribution >= 4 is 46.7 Å². The molecule has 4 rings (SSSR count). The quantitative estimate of drug-likeness (QED) is 0.308. The number of imide groups is 1. The summed E-state index contributed by atoms with van der Waals surface area (Å²) in [5.74, 6) is -2.35. The lowest BCUT2D eigenvalue weighted by Crippen LogP contribution is -2.74. The van der Waals surface area contributed by atoms with E-state index >= 15 is 0 Å². The first-order chi connectivity index (χ1) is 15.8. The predicted octanol–water partition coefficient (Wildman–Crippen LogP) is 0.415. The molecule has 2 aliphatic heterocycles. The standard InChI is InChI=1S/C21H27N5O6S/c1-32-21(12-22-19(21)30)24-16(27)11-15-14(7-10-33-15)23-20(31)26-9-8-25(17(28)18(26)29)13-5-3-2-4-6-13/h7,10,13H,2-6,8-9,11-12H2,1H3,(H,22,30)(H,23,31)(H,24,27). The van der Waals surface area contributed by atoms with Crippen LogP contribution in [0.1, 0.15) is 37.0 Å². The molecule has 3 fully saturated rings. The van der Waals surface area contributed by atoms with Gasteiger partial charge in [0, 0.05) is 31.1 Å². The van der Waals surface area contributed by atoms with E-state index in [0.29, 0.717) is 17.1 Å². The number of ether oxygens (including phenoxy) is 1. The van der Waals surface area contributed by atoms with E-state index in [9.17, 15) is 24.0 Å². The maximum absolute atomic E-state index is 12.8. The summed E-state index contributed by atoms with van der Waals surface area (Å²) in [7, 11) is 1.34. The molecule has 1 aliphatic carbocycles. The largest absolute Gasteiger partial charge is 0.349 e. The van der Waals surface area contributed by atoms with Crippen LogP contribution in [0.15, 0.2) is 11.4 Å². The fourth-order valence-electron chi connectivity index (χ4n) is 4.41. The van der Waals surface area contributed by atoms with Crippen molar-refractivity contribution in [1.29, 1.82) is 0 Å². The van der Waals surface area contributed by atoms with Crippen molar-refractivity contribution in [3.8, 4) is 0 Å². The van der Waals surface area contributed by atoms with Gasteiger partial charge in [0.05, 0.1) is 18.7 Å². The van der Waals surface area contributed by atoms with Crippen LogP contribution in [0.3, 0.4) is 0 Å². The first-order valence-electron chi connectivity index (χ1n) is 11.0. The number of carbonyl (C=O) groups excluding carboxylic acids is 5.